The summed E-state index contributed by atoms with van der Waals surface area (Å²) in [5, 5.41) is 15.8. The molecule has 0 aliphatic carbocycles. The third kappa shape index (κ3) is 2.40. The summed E-state index contributed by atoms with van der Waals surface area (Å²) >= 11 is 1.36. The Balaban J connectivity index is 2.31. The Kier molecular flexibility index (Phi) is 3.30. The second-order valence-corrected chi connectivity index (χ2v) is 4.34. The Morgan fingerprint density at radius 2 is 2.41 bits per heavy atom. The molecule has 1 heterocycles. The minimum Gasteiger partial charge on any atom is -0.270 e. The highest BCUT2D eigenvalue weighted by Gasteiger charge is 2.08. The summed E-state index contributed by atoms with van der Waals surface area (Å²) in [7, 11) is 0. The van der Waals surface area contributed by atoms with Gasteiger partial charge in [-0.2, -0.15) is 5.26 Å². The number of hydrogen-bond donors (Lipinski definition) is 1. The average molecular weight is 246 g/mol. The fourth-order valence-corrected chi connectivity index (χ4v) is 2.35. The summed E-state index contributed by atoms with van der Waals surface area (Å²) in [5.41, 5.74) is 0.377. The first-order valence-corrected chi connectivity index (χ1v) is 5.89. The van der Waals surface area contributed by atoms with Crippen LogP contribution in [0.15, 0.2) is 39.1 Å². The lowest BCUT2D eigenvalue weighted by atomic mass is 10.2. The van der Waals surface area contributed by atoms with Crippen molar-refractivity contribution in [2.24, 2.45) is 0 Å². The van der Waals surface area contributed by atoms with E-state index in [-0.39, 0.29) is 5.69 Å². The Morgan fingerprint density at radius 3 is 3.12 bits per heavy atom. The van der Waals surface area contributed by atoms with Crippen LogP contribution in [0.25, 0.3) is 0 Å². The van der Waals surface area contributed by atoms with Gasteiger partial charge in [0.1, 0.15) is 0 Å². The number of nitrogens with one attached hydrogen (secondary N) is 1. The van der Waals surface area contributed by atoms with Crippen molar-refractivity contribution in [3.8, 4) is 6.07 Å². The average Bonchev–Trinajstić information content (AvgIpc) is 2.70. The maximum absolute atomic E-state index is 11.4. The van der Waals surface area contributed by atoms with Crippen LogP contribution in [0, 0.1) is 11.3 Å². The van der Waals surface area contributed by atoms with Crippen LogP contribution in [-0.2, 0) is 6.54 Å². The van der Waals surface area contributed by atoms with E-state index in [9.17, 15) is 4.79 Å². The van der Waals surface area contributed by atoms with Gasteiger partial charge in [-0.15, -0.1) is 5.10 Å². The van der Waals surface area contributed by atoms with Crippen molar-refractivity contribution in [2.75, 3.05) is 0 Å². The summed E-state index contributed by atoms with van der Waals surface area (Å²) in [6, 6.07) is 9.27. The van der Waals surface area contributed by atoms with Crippen LogP contribution in [0.2, 0.25) is 0 Å². The maximum atomic E-state index is 11.4. The predicted octanol–water partition coefficient (Wildman–Crippen LogP) is 1.61. The number of nitrogens with zero attached hydrogens (tertiary/aromatic N) is 3. The van der Waals surface area contributed by atoms with Gasteiger partial charge < -0.3 is 0 Å². The van der Waals surface area contributed by atoms with E-state index in [0.717, 1.165) is 4.90 Å². The van der Waals surface area contributed by atoms with E-state index in [0.29, 0.717) is 17.3 Å². The van der Waals surface area contributed by atoms with Crippen LogP contribution in [0.4, 0.5) is 0 Å². The Hall–Kier alpha value is -2.00. The minimum absolute atomic E-state index is 0.216. The lowest BCUT2D eigenvalue weighted by molar-refractivity contribution is 0.660. The first kappa shape index (κ1) is 11.5. The molecule has 0 aliphatic rings. The Bertz CT molecular complexity index is 623. The molecule has 5 nitrogen and oxygen atoms in total. The molecule has 0 unspecified atom stereocenters. The summed E-state index contributed by atoms with van der Waals surface area (Å²) in [4.78, 5) is 12.3. The molecule has 0 bridgehead atoms. The van der Waals surface area contributed by atoms with Crippen LogP contribution in [0.1, 0.15) is 12.5 Å². The molecule has 2 aromatic rings. The molecule has 0 saturated heterocycles. The van der Waals surface area contributed by atoms with Crippen LogP contribution < -0.4 is 5.69 Å². The molecule has 0 aliphatic heterocycles. The van der Waals surface area contributed by atoms with Crippen molar-refractivity contribution < 1.29 is 0 Å². The number of rotatable bonds is 3. The highest BCUT2D eigenvalue weighted by molar-refractivity contribution is 7.99. The molecule has 17 heavy (non-hydrogen) atoms. The second-order valence-electron chi connectivity index (χ2n) is 3.30. The van der Waals surface area contributed by atoms with Gasteiger partial charge in [-0.3, -0.25) is 4.57 Å². The third-order valence-electron chi connectivity index (χ3n) is 2.21. The zero-order chi connectivity index (χ0) is 12.3. The van der Waals surface area contributed by atoms with Gasteiger partial charge >= 0.3 is 5.69 Å². The van der Waals surface area contributed by atoms with Gasteiger partial charge in [-0.1, -0.05) is 6.07 Å². The van der Waals surface area contributed by atoms with Gasteiger partial charge in [-0.05, 0) is 36.9 Å². The molecule has 0 spiro atoms. The third-order valence-corrected chi connectivity index (χ3v) is 3.20. The molecule has 0 radical (unpaired) electrons. The van der Waals surface area contributed by atoms with Gasteiger partial charge in [0.2, 0.25) is 0 Å². The first-order chi connectivity index (χ1) is 8.24. The summed E-state index contributed by atoms with van der Waals surface area (Å²) in [6.45, 7) is 2.45. The lowest BCUT2D eigenvalue weighted by Crippen LogP contribution is -2.15. The number of aromatic nitrogens is 3. The smallest absolute Gasteiger partial charge is 0.270 e. The number of H-pyrrole nitrogens is 1. The largest absolute Gasteiger partial charge is 0.343 e. The standard InChI is InChI=1S/C11H10N4OS/c1-2-15-10(16)13-14-11(15)17-9-5-3-4-8(6-9)7-12/h3-6H,2H2,1H3,(H,13,16). The first-order valence-electron chi connectivity index (χ1n) is 5.08. The van der Waals surface area contributed by atoms with Gasteiger partial charge in [0.25, 0.3) is 0 Å². The molecule has 2 rings (SSSR count). The summed E-state index contributed by atoms with van der Waals surface area (Å²) in [6.07, 6.45) is 0. The van der Waals surface area contributed by atoms with Crippen LogP contribution in [-0.4, -0.2) is 14.8 Å². The van der Waals surface area contributed by atoms with E-state index >= 15 is 0 Å². The molecule has 0 atom stereocenters. The fourth-order valence-electron chi connectivity index (χ4n) is 1.39. The van der Waals surface area contributed by atoms with E-state index < -0.39 is 0 Å². The molecular formula is C11H10N4OS. The van der Waals surface area contributed by atoms with Gasteiger partial charge in [-0.25, -0.2) is 9.89 Å². The van der Waals surface area contributed by atoms with Crippen molar-refractivity contribution in [1.29, 1.82) is 5.26 Å². The quantitative estimate of drug-likeness (QED) is 0.892. The topological polar surface area (TPSA) is 74.5 Å². The van der Waals surface area contributed by atoms with Gasteiger partial charge in [0, 0.05) is 11.4 Å². The van der Waals surface area contributed by atoms with E-state index in [1.165, 1.54) is 11.8 Å². The molecule has 1 aromatic carbocycles. The Morgan fingerprint density at radius 1 is 1.59 bits per heavy atom. The van der Waals surface area contributed by atoms with Gasteiger partial charge in [0.15, 0.2) is 5.16 Å². The SMILES string of the molecule is CCn1c(Sc2cccc(C#N)c2)n[nH]c1=O. The normalized spacial score (nSPS) is 10.1. The number of nitriles is 1. The van der Waals surface area contributed by atoms with E-state index in [1.54, 1.807) is 16.7 Å². The summed E-state index contributed by atoms with van der Waals surface area (Å²) in [5.74, 6) is 0. The Labute approximate surface area is 102 Å². The molecule has 1 N–H and O–H groups in total. The number of aromatic amines is 1. The summed E-state index contributed by atoms with van der Waals surface area (Å²) < 4.78 is 1.55. The van der Waals surface area contributed by atoms with Gasteiger partial charge in [0.05, 0.1) is 11.6 Å². The van der Waals surface area contributed by atoms with Crippen molar-refractivity contribution in [2.45, 2.75) is 23.5 Å². The second kappa shape index (κ2) is 4.89. The van der Waals surface area contributed by atoms with Crippen LogP contribution in [0.3, 0.4) is 0 Å². The van der Waals surface area contributed by atoms with Crippen molar-refractivity contribution >= 4 is 11.8 Å². The number of hydrogen-bond acceptors (Lipinski definition) is 4. The van der Waals surface area contributed by atoms with E-state index in [1.807, 2.05) is 19.1 Å². The molecule has 0 saturated carbocycles. The van der Waals surface area contributed by atoms with E-state index in [4.69, 9.17) is 5.26 Å². The highest BCUT2D eigenvalue weighted by Crippen LogP contribution is 2.25. The zero-order valence-corrected chi connectivity index (χ0v) is 9.99. The molecule has 0 amide bonds. The molecule has 6 heteroatoms. The minimum atomic E-state index is -0.216. The monoisotopic (exact) mass is 246 g/mol. The van der Waals surface area contributed by atoms with Crippen LogP contribution >= 0.6 is 11.8 Å². The molecule has 86 valence electrons. The highest BCUT2D eigenvalue weighted by atomic mass is 32.2. The molecular weight excluding hydrogens is 236 g/mol. The molecule has 0 fully saturated rings. The van der Waals surface area contributed by atoms with Crippen molar-refractivity contribution in [3.63, 3.8) is 0 Å². The zero-order valence-electron chi connectivity index (χ0n) is 9.17. The predicted molar refractivity (Wildman–Crippen MR) is 63.8 cm³/mol. The van der Waals surface area contributed by atoms with Crippen molar-refractivity contribution in [3.05, 3.63) is 40.3 Å². The maximum Gasteiger partial charge on any atom is 0.343 e. The lowest BCUT2D eigenvalue weighted by Gasteiger charge is -2.02. The van der Waals surface area contributed by atoms with Crippen LogP contribution in [0.5, 0.6) is 0 Å². The van der Waals surface area contributed by atoms with Crippen molar-refractivity contribution in [1.82, 2.24) is 14.8 Å². The number of benzene rings is 1. The molecule has 1 aromatic heterocycles. The van der Waals surface area contributed by atoms with E-state index in [2.05, 4.69) is 16.3 Å². The fraction of sp³-hybridized carbons (Fsp3) is 0.182.